The van der Waals surface area contributed by atoms with E-state index >= 15 is 0 Å². The standard InChI is InChI=1S/C6H14O4S.C6H14O3S/c1-2-3-4-5-6-10-11(7,8)9;1-2-3-4-5-6-10(7,8)9/h2-6H2,1H3,(H,7,8,9);2-6H2,1H3,(H,7,8,9). The van der Waals surface area contributed by atoms with Gasteiger partial charge in [0.05, 0.1) is 12.4 Å². The largest absolute Gasteiger partial charge is 0.397 e. The highest BCUT2D eigenvalue weighted by atomic mass is 32.3. The average molecular weight is 348 g/mol. The molecular weight excluding hydrogens is 320 g/mol. The summed E-state index contributed by atoms with van der Waals surface area (Å²) >= 11 is 0. The molecule has 0 unspecified atom stereocenters. The van der Waals surface area contributed by atoms with Gasteiger partial charge in [-0.1, -0.05) is 52.4 Å². The maximum atomic E-state index is 10.1. The van der Waals surface area contributed by atoms with Crippen LogP contribution >= 0.6 is 0 Å². The Labute approximate surface area is 128 Å². The normalized spacial score (nSPS) is 11.8. The van der Waals surface area contributed by atoms with Crippen LogP contribution in [0.5, 0.6) is 0 Å². The van der Waals surface area contributed by atoms with E-state index in [1.54, 1.807) is 0 Å². The lowest BCUT2D eigenvalue weighted by Gasteiger charge is -1.98. The molecule has 0 spiro atoms. The molecule has 0 atom stereocenters. The molecule has 0 saturated heterocycles. The smallest absolute Gasteiger partial charge is 0.286 e. The maximum absolute atomic E-state index is 10.1. The van der Waals surface area contributed by atoms with E-state index in [1.807, 2.05) is 6.92 Å². The summed E-state index contributed by atoms with van der Waals surface area (Å²) in [5.41, 5.74) is 0. The van der Waals surface area contributed by atoms with Crippen molar-refractivity contribution in [2.45, 2.75) is 65.2 Å². The van der Waals surface area contributed by atoms with Gasteiger partial charge in [0.15, 0.2) is 0 Å². The van der Waals surface area contributed by atoms with E-state index in [0.29, 0.717) is 12.8 Å². The van der Waals surface area contributed by atoms with Crippen LogP contribution in [0.4, 0.5) is 0 Å². The molecule has 0 aliphatic heterocycles. The van der Waals surface area contributed by atoms with Crippen LogP contribution in [0.3, 0.4) is 0 Å². The Kier molecular flexibility index (Phi) is 14.8. The van der Waals surface area contributed by atoms with Crippen LogP contribution in [-0.4, -0.2) is 38.3 Å². The quantitative estimate of drug-likeness (QED) is 0.435. The maximum Gasteiger partial charge on any atom is 0.397 e. The third-order valence-corrected chi connectivity index (χ3v) is 3.76. The minimum absolute atomic E-state index is 0.0822. The third kappa shape index (κ3) is 28.6. The zero-order chi connectivity index (χ0) is 16.8. The number of rotatable bonds is 11. The summed E-state index contributed by atoms with van der Waals surface area (Å²) < 4.78 is 60.8. The molecule has 0 heterocycles. The average Bonchev–Trinajstić information content (AvgIpc) is 2.33. The molecule has 0 aromatic carbocycles. The highest BCUT2D eigenvalue weighted by Gasteiger charge is 2.02. The molecule has 0 rings (SSSR count). The van der Waals surface area contributed by atoms with E-state index in [9.17, 15) is 16.8 Å². The Bertz CT molecular complexity index is 415. The van der Waals surface area contributed by atoms with Gasteiger partial charge in [0.1, 0.15) is 0 Å². The predicted octanol–water partition coefficient (Wildman–Crippen LogP) is 2.84. The van der Waals surface area contributed by atoms with E-state index in [4.69, 9.17) is 9.11 Å². The fourth-order valence-electron chi connectivity index (χ4n) is 1.40. The van der Waals surface area contributed by atoms with E-state index < -0.39 is 20.5 Å². The molecule has 0 aromatic rings. The topological polar surface area (TPSA) is 118 Å². The van der Waals surface area contributed by atoms with Crippen molar-refractivity contribution in [2.24, 2.45) is 0 Å². The van der Waals surface area contributed by atoms with Crippen molar-refractivity contribution in [2.75, 3.05) is 12.4 Å². The Morgan fingerprint density at radius 2 is 1.24 bits per heavy atom. The highest BCUT2D eigenvalue weighted by molar-refractivity contribution is 7.85. The summed E-state index contributed by atoms with van der Waals surface area (Å²) in [6.07, 6.45) is 7.34. The lowest BCUT2D eigenvalue weighted by atomic mass is 10.2. The Morgan fingerprint density at radius 1 is 0.762 bits per heavy atom. The van der Waals surface area contributed by atoms with Gasteiger partial charge in [-0.3, -0.25) is 9.11 Å². The first-order valence-corrected chi connectivity index (χ1v) is 10.2. The molecule has 0 amide bonds. The van der Waals surface area contributed by atoms with Gasteiger partial charge in [-0.2, -0.15) is 16.8 Å². The first-order chi connectivity index (χ1) is 9.62. The van der Waals surface area contributed by atoms with Gasteiger partial charge in [0.25, 0.3) is 10.1 Å². The van der Waals surface area contributed by atoms with Gasteiger partial charge in [-0.25, -0.2) is 4.18 Å². The molecule has 0 aliphatic rings. The molecule has 0 aromatic heterocycles. The summed E-state index contributed by atoms with van der Waals surface area (Å²) in [5, 5.41) is 0. The summed E-state index contributed by atoms with van der Waals surface area (Å²) in [6.45, 7) is 4.19. The monoisotopic (exact) mass is 348 g/mol. The van der Waals surface area contributed by atoms with Crippen LogP contribution in [0.1, 0.15) is 65.2 Å². The number of unbranched alkanes of at least 4 members (excludes halogenated alkanes) is 6. The zero-order valence-electron chi connectivity index (χ0n) is 12.8. The SMILES string of the molecule is CCCCCCOS(=O)(=O)O.CCCCCCS(=O)(=O)O. The van der Waals surface area contributed by atoms with Crippen molar-refractivity contribution in [3.8, 4) is 0 Å². The third-order valence-electron chi connectivity index (χ3n) is 2.49. The van der Waals surface area contributed by atoms with E-state index in [2.05, 4.69) is 11.1 Å². The molecular formula is C12H28O7S2. The van der Waals surface area contributed by atoms with Crippen LogP contribution in [0.25, 0.3) is 0 Å². The molecule has 21 heavy (non-hydrogen) atoms. The van der Waals surface area contributed by atoms with Crippen LogP contribution < -0.4 is 0 Å². The Balaban J connectivity index is 0. The Morgan fingerprint density at radius 3 is 1.62 bits per heavy atom. The lowest BCUT2D eigenvalue weighted by Crippen LogP contribution is -2.04. The van der Waals surface area contributed by atoms with Gasteiger partial charge in [0, 0.05) is 0 Å². The molecule has 2 N–H and O–H groups in total. The van der Waals surface area contributed by atoms with E-state index in [0.717, 1.165) is 38.5 Å². The summed E-state index contributed by atoms with van der Waals surface area (Å²) in [6, 6.07) is 0. The molecule has 0 aliphatic carbocycles. The van der Waals surface area contributed by atoms with Gasteiger partial charge >= 0.3 is 10.4 Å². The van der Waals surface area contributed by atoms with E-state index in [-0.39, 0.29) is 12.4 Å². The molecule has 9 heteroatoms. The summed E-state index contributed by atoms with van der Waals surface area (Å²) in [7, 11) is -7.92. The fourth-order valence-corrected chi connectivity index (χ4v) is 2.30. The van der Waals surface area contributed by atoms with Crippen molar-refractivity contribution in [3.63, 3.8) is 0 Å². The first kappa shape index (κ1) is 23.1. The van der Waals surface area contributed by atoms with Crippen molar-refractivity contribution >= 4 is 20.5 Å². The van der Waals surface area contributed by atoms with Crippen molar-refractivity contribution in [1.29, 1.82) is 0 Å². The van der Waals surface area contributed by atoms with Gasteiger partial charge < -0.3 is 0 Å². The second-order valence-corrected chi connectivity index (χ2v) is 7.32. The Hall–Kier alpha value is -0.220. The van der Waals surface area contributed by atoms with Crippen molar-refractivity contribution < 1.29 is 30.1 Å². The van der Waals surface area contributed by atoms with Gasteiger partial charge in [0.2, 0.25) is 0 Å². The van der Waals surface area contributed by atoms with Crippen LogP contribution in [0, 0.1) is 0 Å². The molecule has 7 nitrogen and oxygen atoms in total. The lowest BCUT2D eigenvalue weighted by molar-refractivity contribution is 0.261. The second kappa shape index (κ2) is 13.4. The summed E-state index contributed by atoms with van der Waals surface area (Å²) in [5.74, 6) is -0.0903. The molecule has 0 fully saturated rings. The molecule has 130 valence electrons. The molecule has 0 radical (unpaired) electrons. The minimum Gasteiger partial charge on any atom is -0.286 e. The first-order valence-electron chi connectivity index (χ1n) is 7.19. The van der Waals surface area contributed by atoms with E-state index in [1.165, 1.54) is 0 Å². The number of hydrogen-bond donors (Lipinski definition) is 2. The van der Waals surface area contributed by atoms with Crippen molar-refractivity contribution in [1.82, 2.24) is 0 Å². The fraction of sp³-hybridized carbons (Fsp3) is 1.00. The van der Waals surface area contributed by atoms with Crippen LogP contribution in [-0.2, 0) is 24.7 Å². The molecule has 0 saturated carbocycles. The van der Waals surface area contributed by atoms with Gasteiger partial charge in [-0.15, -0.1) is 0 Å². The van der Waals surface area contributed by atoms with Gasteiger partial charge in [-0.05, 0) is 12.8 Å². The van der Waals surface area contributed by atoms with Crippen molar-refractivity contribution in [3.05, 3.63) is 0 Å². The van der Waals surface area contributed by atoms with Crippen LogP contribution in [0.15, 0.2) is 0 Å². The number of hydrogen-bond acceptors (Lipinski definition) is 5. The minimum atomic E-state index is -4.21. The molecule has 0 bridgehead atoms. The highest BCUT2D eigenvalue weighted by Crippen LogP contribution is 2.00. The zero-order valence-corrected chi connectivity index (χ0v) is 14.5. The second-order valence-electron chi connectivity index (χ2n) is 4.66. The van der Waals surface area contributed by atoms with Crippen LogP contribution in [0.2, 0.25) is 0 Å². The summed E-state index contributed by atoms with van der Waals surface area (Å²) in [4.78, 5) is 0. The predicted molar refractivity (Wildman–Crippen MR) is 82.2 cm³/mol.